The van der Waals surface area contributed by atoms with Crippen molar-refractivity contribution in [2.75, 3.05) is 127 Å². The number of nitrogens with one attached hydrogen (secondary N) is 5. The van der Waals surface area contributed by atoms with Gasteiger partial charge < -0.3 is 94.1 Å². The Labute approximate surface area is 533 Å². The van der Waals surface area contributed by atoms with Gasteiger partial charge in [0.2, 0.25) is 59.1 Å². The average Bonchev–Trinajstić information content (AvgIpc) is 1.68. The van der Waals surface area contributed by atoms with E-state index in [9.17, 15) is 67.1 Å². The Kier molecular flexibility index (Phi) is 24.2. The number of fused-ring (bicyclic) bond motifs is 2. The Morgan fingerprint density at radius 3 is 1.20 bits per heavy atom. The summed E-state index contributed by atoms with van der Waals surface area (Å²) in [5.41, 5.74) is 31.1. The zero-order chi connectivity index (χ0) is 68.9. The molecule has 0 bridgehead atoms. The van der Waals surface area contributed by atoms with Crippen molar-refractivity contribution in [1.82, 2.24) is 113 Å². The van der Waals surface area contributed by atoms with Crippen molar-refractivity contribution in [3.05, 3.63) is 97.6 Å². The van der Waals surface area contributed by atoms with E-state index in [4.69, 9.17) is 34.4 Å². The van der Waals surface area contributed by atoms with Crippen LogP contribution in [0.4, 0.5) is 29.2 Å². The molecule has 7 heterocycles. The van der Waals surface area contributed by atoms with Crippen LogP contribution in [0, 0.1) is 0 Å². The minimum absolute atomic E-state index is 0.0240. The Balaban J connectivity index is 1.01. The number of H-pyrrole nitrogens is 1. The number of aromatic nitrogens is 14. The van der Waals surface area contributed by atoms with Crippen LogP contribution in [0.15, 0.2) is 74.9 Å². The Hall–Kier alpha value is -12.6. The molecule has 0 saturated carbocycles. The molecular formula is C52H67N29O14. The van der Waals surface area contributed by atoms with Crippen LogP contribution in [-0.2, 0) is 80.7 Å². The highest BCUT2D eigenvalue weighted by Crippen LogP contribution is 2.15. The molecule has 95 heavy (non-hydrogen) atoms. The molecule has 7 aromatic heterocycles. The number of imidazole rings is 2. The van der Waals surface area contributed by atoms with E-state index in [1.807, 2.05) is 0 Å². The number of aldehydes is 1. The summed E-state index contributed by atoms with van der Waals surface area (Å²) in [6.07, 6.45) is 7.71. The summed E-state index contributed by atoms with van der Waals surface area (Å²) in [5, 5.41) is 10.3. The molecule has 0 aliphatic rings. The molecule has 43 heteroatoms. The molecule has 0 fully saturated rings. The van der Waals surface area contributed by atoms with E-state index in [1.165, 1.54) is 52.3 Å². The van der Waals surface area contributed by atoms with Crippen molar-refractivity contribution < 1.29 is 47.9 Å². The fourth-order valence-electron chi connectivity index (χ4n) is 8.99. The number of hydrogen-bond acceptors (Lipinski definition) is 28. The molecular weight excluding hydrogens is 1250 g/mol. The van der Waals surface area contributed by atoms with Crippen molar-refractivity contribution >= 4 is 111 Å². The zero-order valence-electron chi connectivity index (χ0n) is 50.6. The molecule has 7 aromatic rings. The highest BCUT2D eigenvalue weighted by atomic mass is 16.2. The quantitative estimate of drug-likeness (QED) is 0.0167. The Morgan fingerprint density at radius 1 is 0.453 bits per heavy atom. The van der Waals surface area contributed by atoms with Crippen molar-refractivity contribution in [2.45, 2.75) is 32.7 Å². The molecule has 43 nitrogen and oxygen atoms in total. The molecule has 0 saturated heterocycles. The number of nitrogen functional groups attached to an aromatic ring is 5. The third kappa shape index (κ3) is 19.9. The second-order valence-electron chi connectivity index (χ2n) is 20.5. The van der Waals surface area contributed by atoms with Crippen molar-refractivity contribution in [3.8, 4) is 0 Å². The van der Waals surface area contributed by atoms with Crippen molar-refractivity contribution in [3.63, 3.8) is 0 Å². The van der Waals surface area contributed by atoms with Gasteiger partial charge in [-0.3, -0.25) is 66.6 Å². The van der Waals surface area contributed by atoms with Crippen molar-refractivity contribution in [1.29, 1.82) is 0 Å². The van der Waals surface area contributed by atoms with E-state index >= 15 is 0 Å². The normalized spacial score (nSPS) is 11.0. The minimum atomic E-state index is -0.913. The lowest BCUT2D eigenvalue weighted by atomic mass is 10.3. The number of hydrogen-bond donors (Lipinski definition) is 11. The van der Waals surface area contributed by atoms with Gasteiger partial charge in [-0.05, 0) is 18.2 Å². The molecule has 0 spiro atoms. The molecule has 0 unspecified atom stereocenters. The van der Waals surface area contributed by atoms with E-state index in [1.54, 1.807) is 0 Å². The SMILES string of the molecule is NCCN(CC(=O)NCCN(CC(=O)NCCN(CC(=O)NCCN(CC(=O)NCCN(CC=O)C(=O)Cn1ccc(N)nc1=O)C(=O)Cn1cnc2c(N)ncnc21)C(=O)Cn1ccc(N)nc1=O)C(=O)Cn1cnc2c(=O)[nH]c(N)nc21)C(=O)Cn1ccc(N)nc1=O. The van der Waals surface area contributed by atoms with Gasteiger partial charge in [0, 0.05) is 84.0 Å². The maximum Gasteiger partial charge on any atom is 0.349 e. The van der Waals surface area contributed by atoms with Gasteiger partial charge in [-0.2, -0.15) is 19.9 Å². The third-order valence-electron chi connectivity index (χ3n) is 13.7. The summed E-state index contributed by atoms with van der Waals surface area (Å²) >= 11 is 0. The van der Waals surface area contributed by atoms with Crippen LogP contribution in [-0.4, -0.2) is 250 Å². The van der Waals surface area contributed by atoms with Gasteiger partial charge in [-0.15, -0.1) is 0 Å². The summed E-state index contributed by atoms with van der Waals surface area (Å²) < 4.78 is 5.39. The number of nitrogens with two attached hydrogens (primary N) is 6. The van der Waals surface area contributed by atoms with Gasteiger partial charge in [0.15, 0.2) is 22.6 Å². The summed E-state index contributed by atoms with van der Waals surface area (Å²) in [5.74, 6) is -7.30. The first-order chi connectivity index (χ1) is 45.4. The Morgan fingerprint density at radius 2 is 0.811 bits per heavy atom. The number of anilines is 5. The average molecular weight is 1320 g/mol. The molecule has 0 aromatic carbocycles. The lowest BCUT2D eigenvalue weighted by molar-refractivity contribution is -0.138. The van der Waals surface area contributed by atoms with Gasteiger partial charge >= 0.3 is 17.1 Å². The molecule has 0 aliphatic carbocycles. The second kappa shape index (κ2) is 32.9. The van der Waals surface area contributed by atoms with Crippen LogP contribution in [0.25, 0.3) is 22.3 Å². The van der Waals surface area contributed by atoms with Gasteiger partial charge in [-0.25, -0.2) is 34.3 Å². The molecule has 0 radical (unpaired) electrons. The largest absolute Gasteiger partial charge is 0.383 e. The number of nitrogens with zero attached hydrogens (tertiary/aromatic N) is 18. The maximum absolute atomic E-state index is 14.0. The number of aromatic amines is 1. The van der Waals surface area contributed by atoms with E-state index in [0.717, 1.165) is 50.9 Å². The fraction of sp³-hybridized carbons (Fsp3) is 0.385. The number of carbonyl (C=O) groups is 10. The fourth-order valence-corrected chi connectivity index (χ4v) is 8.99. The lowest BCUT2D eigenvalue weighted by Crippen LogP contribution is -2.50. The van der Waals surface area contributed by atoms with Crippen molar-refractivity contribution in [2.24, 2.45) is 5.73 Å². The molecule has 0 atom stereocenters. The minimum Gasteiger partial charge on any atom is -0.383 e. The summed E-state index contributed by atoms with van der Waals surface area (Å²) in [7, 11) is 0. The van der Waals surface area contributed by atoms with Gasteiger partial charge in [0.25, 0.3) is 5.56 Å². The highest BCUT2D eigenvalue weighted by Gasteiger charge is 2.26. The molecule has 17 N–H and O–H groups in total. The van der Waals surface area contributed by atoms with Crippen LogP contribution in [0.5, 0.6) is 0 Å². The summed E-state index contributed by atoms with van der Waals surface area (Å²) in [6.45, 7) is -8.37. The first-order valence-electron chi connectivity index (χ1n) is 28.6. The van der Waals surface area contributed by atoms with Gasteiger partial charge in [-0.1, -0.05) is 0 Å². The molecule has 0 aliphatic heterocycles. The second-order valence-corrected chi connectivity index (χ2v) is 20.5. The molecule has 9 amide bonds. The number of rotatable bonds is 34. The Bertz CT molecular complexity index is 4250. The molecule has 7 rings (SSSR count). The first kappa shape index (κ1) is 69.9. The highest BCUT2D eigenvalue weighted by molar-refractivity contribution is 5.89. The zero-order valence-corrected chi connectivity index (χ0v) is 50.6. The predicted octanol–water partition coefficient (Wildman–Crippen LogP) is -10.6. The molecule has 504 valence electrons. The lowest BCUT2D eigenvalue weighted by Gasteiger charge is -2.26. The van der Waals surface area contributed by atoms with Gasteiger partial charge in [0.05, 0.1) is 45.4 Å². The van der Waals surface area contributed by atoms with Crippen LogP contribution < -0.4 is 78.3 Å². The maximum atomic E-state index is 14.0. The van der Waals surface area contributed by atoms with Crippen LogP contribution in [0.2, 0.25) is 0 Å². The topological polar surface area (TPSA) is 603 Å². The first-order valence-corrected chi connectivity index (χ1v) is 28.6. The number of amides is 9. The number of carbonyl (C=O) groups excluding carboxylic acids is 10. The van der Waals surface area contributed by atoms with Gasteiger partial charge in [0.1, 0.15) is 68.3 Å². The predicted molar refractivity (Wildman–Crippen MR) is 331 cm³/mol. The van der Waals surface area contributed by atoms with E-state index in [2.05, 4.69) is 66.1 Å². The van der Waals surface area contributed by atoms with E-state index < -0.39 is 148 Å². The summed E-state index contributed by atoms with van der Waals surface area (Å²) in [4.78, 5) is 223. The van der Waals surface area contributed by atoms with Crippen LogP contribution >= 0.6 is 0 Å². The third-order valence-corrected chi connectivity index (χ3v) is 13.7. The van der Waals surface area contributed by atoms with E-state index in [0.29, 0.717) is 6.29 Å². The summed E-state index contributed by atoms with van der Waals surface area (Å²) in [6, 6.07) is 3.85. The van der Waals surface area contributed by atoms with Crippen LogP contribution in [0.1, 0.15) is 0 Å². The standard InChI is InChI=1S/C52H67N29O14/c53-4-12-73(39(88)24-78-10-2-32(55)68-51(78)94)19-34(83)60-7-16-76(42(91)27-81-30-66-44-47(81)70-49(58)71-48(44)92)22-37(86)61-6-14-74(40(89)25-79-11-3-33(56)69-52(79)95)20-36(85)62-8-15-75(41(90)26-80-29-65-43-45(57)63-28-64-46(43)80)21-35(84)59-5-13-72(17-18-82)38(87)23-77-9-1-31(54)67-50(77)93/h1-3,9-11,18,28-30H,4-8,12-17,19-27,53H2,(H,59,84)(H,60,83)(H,61,86)(H,62,85)(H2,54,67,93)(H2,55,68,94)(H2,56,69,95)(H2,57,63,64)(H3,58,70,71,92). The van der Waals surface area contributed by atoms with Crippen LogP contribution in [0.3, 0.4) is 0 Å². The van der Waals surface area contributed by atoms with E-state index in [-0.39, 0.29) is 110 Å². The monoisotopic (exact) mass is 1320 g/mol. The smallest absolute Gasteiger partial charge is 0.349 e.